The van der Waals surface area contributed by atoms with E-state index in [-0.39, 0.29) is 40.7 Å². The number of allylic oxidation sites excluding steroid dienone is 1. The third kappa shape index (κ3) is 4.67. The van der Waals surface area contributed by atoms with Gasteiger partial charge in [0.25, 0.3) is 11.1 Å². The number of rotatable bonds is 7. The highest BCUT2D eigenvalue weighted by Crippen LogP contribution is 2.30. The second kappa shape index (κ2) is 8.89. The van der Waals surface area contributed by atoms with Gasteiger partial charge in [-0.3, -0.25) is 0 Å². The summed E-state index contributed by atoms with van der Waals surface area (Å²) in [5.41, 5.74) is 1.50. The van der Waals surface area contributed by atoms with Crippen LogP contribution in [0.25, 0.3) is 16.6 Å². The van der Waals surface area contributed by atoms with E-state index in [1.165, 1.54) is 24.3 Å². The number of aliphatic hydroxyl groups excluding tert-OH is 1. The highest BCUT2D eigenvalue weighted by Gasteiger charge is 2.21. The number of hydrogen-bond acceptors (Lipinski definition) is 8. The molecule has 8 nitrogen and oxygen atoms in total. The van der Waals surface area contributed by atoms with Crippen LogP contribution in [0.5, 0.6) is 5.75 Å². The van der Waals surface area contributed by atoms with Crippen molar-refractivity contribution < 1.29 is 18.7 Å². The van der Waals surface area contributed by atoms with Gasteiger partial charge in [-0.25, -0.2) is 9.37 Å². The number of H-pyrrole nitrogens is 1. The lowest BCUT2D eigenvalue weighted by Gasteiger charge is -2.09. The van der Waals surface area contributed by atoms with Crippen LogP contribution in [-0.4, -0.2) is 30.5 Å². The van der Waals surface area contributed by atoms with Gasteiger partial charge in [0.2, 0.25) is 0 Å². The first-order valence-corrected chi connectivity index (χ1v) is 10.1. The Hall–Kier alpha value is -3.84. The molecule has 10 heteroatoms. The number of benzene rings is 2. The van der Waals surface area contributed by atoms with Crippen molar-refractivity contribution in [2.45, 2.75) is 24.0 Å². The molecule has 2 heterocycles. The Morgan fingerprint density at radius 1 is 1.26 bits per heavy atom. The van der Waals surface area contributed by atoms with Gasteiger partial charge in [-0.2, -0.15) is 5.26 Å². The normalized spacial score (nSPS) is 12.9. The molecule has 0 amide bonds. The quantitative estimate of drug-likeness (QED) is 0.244. The standard InChI is InChI=1S/C21H16FN5O3S/c1-12(19(28)15(10-23)20-24-16-4-2-3-5-17(16)25-20)31-21-27-26-18(30-21)11-29-14-8-6-13(22)7-9-14/h2-9,12,28H,11H2,1H3,(H,24,25)/b19-15-. The lowest BCUT2D eigenvalue weighted by atomic mass is 10.2. The number of hydrogen-bond donors (Lipinski definition) is 2. The third-order valence-electron chi connectivity index (χ3n) is 4.28. The first kappa shape index (κ1) is 20.4. The molecule has 156 valence electrons. The number of imidazole rings is 1. The number of aliphatic hydroxyl groups is 1. The summed E-state index contributed by atoms with van der Waals surface area (Å²) in [5, 5.41) is 27.7. The fourth-order valence-corrected chi connectivity index (χ4v) is 3.50. The molecule has 4 aromatic rings. The summed E-state index contributed by atoms with van der Waals surface area (Å²) in [7, 11) is 0. The highest BCUT2D eigenvalue weighted by molar-refractivity contribution is 7.99. The molecular formula is C21H16FN5O3S. The van der Waals surface area contributed by atoms with Crippen LogP contribution in [0.2, 0.25) is 0 Å². The van der Waals surface area contributed by atoms with E-state index >= 15 is 0 Å². The molecule has 1 atom stereocenters. The molecule has 0 fully saturated rings. The SMILES string of the molecule is CC(Sc1nnc(COc2ccc(F)cc2)o1)/C(O)=C(\C#N)c1nc2ccccc2[nH]1. The van der Waals surface area contributed by atoms with Gasteiger partial charge in [0.15, 0.2) is 12.4 Å². The molecule has 4 rings (SSSR count). The van der Waals surface area contributed by atoms with Crippen molar-refractivity contribution >= 4 is 28.4 Å². The number of ether oxygens (including phenoxy) is 1. The summed E-state index contributed by atoms with van der Waals surface area (Å²) in [5.74, 6) is 0.457. The van der Waals surface area contributed by atoms with E-state index in [1.807, 2.05) is 30.3 Å². The molecule has 0 aliphatic carbocycles. The summed E-state index contributed by atoms with van der Waals surface area (Å²) >= 11 is 1.10. The van der Waals surface area contributed by atoms with Gasteiger partial charge in [0, 0.05) is 0 Å². The first-order valence-electron chi connectivity index (χ1n) is 9.19. The predicted molar refractivity (Wildman–Crippen MR) is 112 cm³/mol. The Labute approximate surface area is 180 Å². The number of fused-ring (bicyclic) bond motifs is 1. The monoisotopic (exact) mass is 437 g/mol. The molecule has 0 radical (unpaired) electrons. The average molecular weight is 437 g/mol. The third-order valence-corrected chi connectivity index (χ3v) is 5.22. The van der Waals surface area contributed by atoms with Gasteiger partial charge >= 0.3 is 0 Å². The lowest BCUT2D eigenvalue weighted by molar-refractivity contribution is 0.251. The van der Waals surface area contributed by atoms with Crippen LogP contribution in [0.4, 0.5) is 4.39 Å². The number of halogens is 1. The number of nitrogens with zero attached hydrogens (tertiary/aromatic N) is 4. The summed E-state index contributed by atoms with van der Waals surface area (Å²) < 4.78 is 23.9. The Kier molecular flexibility index (Phi) is 5.86. The Morgan fingerprint density at radius 2 is 2.03 bits per heavy atom. The summed E-state index contributed by atoms with van der Waals surface area (Å²) in [6.45, 7) is 1.72. The Morgan fingerprint density at radius 3 is 2.77 bits per heavy atom. The smallest absolute Gasteiger partial charge is 0.277 e. The van der Waals surface area contributed by atoms with Crippen molar-refractivity contribution in [1.29, 1.82) is 5.26 Å². The second-order valence-electron chi connectivity index (χ2n) is 6.44. The molecule has 0 spiro atoms. The van der Waals surface area contributed by atoms with Gasteiger partial charge in [-0.1, -0.05) is 23.9 Å². The topological polar surface area (TPSA) is 121 Å². The minimum absolute atomic E-state index is 0.0117. The van der Waals surface area contributed by atoms with E-state index in [0.29, 0.717) is 11.3 Å². The van der Waals surface area contributed by atoms with Gasteiger partial charge in [0.1, 0.15) is 29.0 Å². The number of thioether (sulfide) groups is 1. The van der Waals surface area contributed by atoms with Crippen LogP contribution in [0.15, 0.2) is 63.9 Å². The molecule has 1 unspecified atom stereocenters. The van der Waals surface area contributed by atoms with Crippen molar-refractivity contribution in [3.05, 3.63) is 71.8 Å². The van der Waals surface area contributed by atoms with E-state index in [4.69, 9.17) is 9.15 Å². The van der Waals surface area contributed by atoms with Crippen molar-refractivity contribution in [2.75, 3.05) is 0 Å². The van der Waals surface area contributed by atoms with E-state index in [1.54, 1.807) is 6.92 Å². The maximum Gasteiger partial charge on any atom is 0.277 e. The van der Waals surface area contributed by atoms with Crippen LogP contribution in [0.1, 0.15) is 18.6 Å². The highest BCUT2D eigenvalue weighted by atomic mass is 32.2. The van der Waals surface area contributed by atoms with Gasteiger partial charge < -0.3 is 19.2 Å². The number of aromatic amines is 1. The molecule has 0 saturated carbocycles. The van der Waals surface area contributed by atoms with Gasteiger partial charge in [0.05, 0.1) is 16.3 Å². The molecule has 0 saturated heterocycles. The zero-order valence-corrected chi connectivity index (χ0v) is 17.1. The molecule has 0 aliphatic rings. The van der Waals surface area contributed by atoms with Crippen molar-refractivity contribution in [3.63, 3.8) is 0 Å². The molecule has 2 aromatic carbocycles. The number of para-hydroxylation sites is 2. The zero-order valence-electron chi connectivity index (χ0n) is 16.2. The van der Waals surface area contributed by atoms with E-state index < -0.39 is 5.25 Å². The van der Waals surface area contributed by atoms with Gasteiger partial charge in [-0.15, -0.1) is 10.2 Å². The summed E-state index contributed by atoms with van der Waals surface area (Å²) in [6.07, 6.45) is 0. The molecule has 2 aromatic heterocycles. The molecule has 0 aliphatic heterocycles. The largest absolute Gasteiger partial charge is 0.510 e. The van der Waals surface area contributed by atoms with Crippen molar-refractivity contribution in [2.24, 2.45) is 0 Å². The van der Waals surface area contributed by atoms with E-state index in [9.17, 15) is 14.8 Å². The van der Waals surface area contributed by atoms with Crippen LogP contribution in [0.3, 0.4) is 0 Å². The minimum atomic E-state index is -0.547. The fraction of sp³-hybridized carbons (Fsp3) is 0.143. The lowest BCUT2D eigenvalue weighted by Crippen LogP contribution is -2.04. The van der Waals surface area contributed by atoms with E-state index in [0.717, 1.165) is 17.3 Å². The molecular weight excluding hydrogens is 421 g/mol. The maximum atomic E-state index is 12.9. The average Bonchev–Trinajstić information content (AvgIpc) is 3.40. The first-order chi connectivity index (χ1) is 15.0. The Balaban J connectivity index is 1.44. The van der Waals surface area contributed by atoms with E-state index in [2.05, 4.69) is 20.2 Å². The minimum Gasteiger partial charge on any atom is -0.510 e. The fourth-order valence-electron chi connectivity index (χ4n) is 2.73. The van der Waals surface area contributed by atoms with Crippen LogP contribution >= 0.6 is 11.8 Å². The van der Waals surface area contributed by atoms with Crippen LogP contribution in [-0.2, 0) is 6.61 Å². The molecule has 31 heavy (non-hydrogen) atoms. The van der Waals surface area contributed by atoms with Crippen molar-refractivity contribution in [1.82, 2.24) is 20.2 Å². The zero-order chi connectivity index (χ0) is 21.8. The van der Waals surface area contributed by atoms with Gasteiger partial charge in [-0.05, 0) is 43.3 Å². The Bertz CT molecular complexity index is 1240. The summed E-state index contributed by atoms with van der Waals surface area (Å²) in [4.78, 5) is 7.39. The molecule has 0 bridgehead atoms. The predicted octanol–water partition coefficient (Wildman–Crippen LogP) is 4.64. The maximum absolute atomic E-state index is 12.9. The summed E-state index contributed by atoms with van der Waals surface area (Å²) in [6, 6.07) is 14.9. The van der Waals surface area contributed by atoms with Crippen LogP contribution < -0.4 is 4.74 Å². The van der Waals surface area contributed by atoms with Crippen molar-refractivity contribution in [3.8, 4) is 11.8 Å². The number of nitrogens with one attached hydrogen (secondary N) is 1. The molecule has 2 N–H and O–H groups in total. The second-order valence-corrected chi connectivity index (χ2v) is 7.73. The number of aromatic nitrogens is 4. The van der Waals surface area contributed by atoms with Crippen LogP contribution in [0, 0.1) is 17.1 Å². The number of nitriles is 1.